The highest BCUT2D eigenvalue weighted by Crippen LogP contribution is 2.42. The molecular weight excluding hydrogens is 352 g/mol. The molecule has 1 aromatic heterocycles. The van der Waals surface area contributed by atoms with E-state index in [0.29, 0.717) is 30.5 Å². The number of benzene rings is 1. The topological polar surface area (TPSA) is 127 Å². The zero-order valence-corrected chi connectivity index (χ0v) is 14.1. The molecule has 1 aromatic carbocycles. The van der Waals surface area contributed by atoms with Gasteiger partial charge in [0.2, 0.25) is 0 Å². The molecule has 1 aliphatic heterocycles. The predicted molar refractivity (Wildman–Crippen MR) is 89.0 cm³/mol. The maximum Gasteiger partial charge on any atom is 0.286 e. The van der Waals surface area contributed by atoms with E-state index >= 15 is 0 Å². The number of hydrogen-bond donors (Lipinski definition) is 1. The zero-order valence-electron chi connectivity index (χ0n) is 13.3. The van der Waals surface area contributed by atoms with Crippen molar-refractivity contribution in [3.05, 3.63) is 28.1 Å². The van der Waals surface area contributed by atoms with Crippen molar-refractivity contribution < 1.29 is 18.9 Å². The largest absolute Gasteiger partial charge is 0.486 e. The van der Waals surface area contributed by atoms with Crippen molar-refractivity contribution in [2.75, 3.05) is 13.2 Å². The summed E-state index contributed by atoms with van der Waals surface area (Å²) in [5.74, 6) is 1.21. The van der Waals surface area contributed by atoms with Gasteiger partial charge in [-0.15, -0.1) is 12.4 Å². The Labute approximate surface area is 149 Å². The van der Waals surface area contributed by atoms with Crippen molar-refractivity contribution in [2.45, 2.75) is 31.2 Å². The van der Waals surface area contributed by atoms with E-state index in [9.17, 15) is 10.1 Å². The molecule has 134 valence electrons. The number of halogens is 1. The number of nitro benzene ring substituents is 1. The van der Waals surface area contributed by atoms with Gasteiger partial charge < -0.3 is 19.7 Å². The second-order valence-corrected chi connectivity index (χ2v) is 6.06. The van der Waals surface area contributed by atoms with E-state index in [2.05, 4.69) is 10.1 Å². The Kier molecular flexibility index (Phi) is 4.53. The predicted octanol–water partition coefficient (Wildman–Crippen LogP) is 2.57. The number of nitro groups is 1. The normalized spacial score (nSPS) is 17.8. The third kappa shape index (κ3) is 3.00. The molecule has 0 atom stereocenters. The van der Waals surface area contributed by atoms with E-state index in [0.717, 1.165) is 25.7 Å². The molecule has 0 amide bonds. The standard InChI is InChI=1S/C15H16N4O5.ClH/c16-15(3-1-2-4-15)14-17-13(24-18-14)9-7-11-12(23-6-5-22-11)8-10(9)19(20)21;/h7-8H,1-6,16H2;1H. The number of fused-ring (bicyclic) bond motifs is 1. The summed E-state index contributed by atoms with van der Waals surface area (Å²) in [6.45, 7) is 0.731. The number of nitrogens with two attached hydrogens (primary N) is 1. The molecule has 2 N–H and O–H groups in total. The molecule has 4 rings (SSSR count). The smallest absolute Gasteiger partial charge is 0.286 e. The number of aromatic nitrogens is 2. The van der Waals surface area contributed by atoms with Crippen LogP contribution in [0.3, 0.4) is 0 Å². The summed E-state index contributed by atoms with van der Waals surface area (Å²) in [5, 5.41) is 15.4. The quantitative estimate of drug-likeness (QED) is 0.646. The Bertz CT molecular complexity index is 803. The lowest BCUT2D eigenvalue weighted by molar-refractivity contribution is -0.384. The molecule has 9 nitrogen and oxygen atoms in total. The van der Waals surface area contributed by atoms with Gasteiger partial charge in [-0.05, 0) is 12.8 Å². The highest BCUT2D eigenvalue weighted by Gasteiger charge is 2.37. The Balaban J connectivity index is 0.00000182. The van der Waals surface area contributed by atoms with Gasteiger partial charge in [0.1, 0.15) is 18.8 Å². The van der Waals surface area contributed by atoms with E-state index < -0.39 is 10.5 Å². The van der Waals surface area contributed by atoms with Crippen LogP contribution < -0.4 is 15.2 Å². The molecule has 2 heterocycles. The van der Waals surface area contributed by atoms with Crippen LogP contribution in [0.1, 0.15) is 31.5 Å². The number of rotatable bonds is 3. The van der Waals surface area contributed by atoms with E-state index in [1.54, 1.807) is 0 Å². The molecule has 0 saturated heterocycles. The lowest BCUT2D eigenvalue weighted by Gasteiger charge is -2.18. The Morgan fingerprint density at radius 1 is 1.16 bits per heavy atom. The minimum atomic E-state index is -0.621. The summed E-state index contributed by atoms with van der Waals surface area (Å²) in [6, 6.07) is 2.82. The van der Waals surface area contributed by atoms with Crippen molar-refractivity contribution in [1.82, 2.24) is 10.1 Å². The Morgan fingerprint density at radius 2 is 1.80 bits per heavy atom. The van der Waals surface area contributed by atoms with Gasteiger partial charge in [-0.3, -0.25) is 10.1 Å². The second-order valence-electron chi connectivity index (χ2n) is 6.06. The molecular formula is C15H17ClN4O5. The van der Waals surface area contributed by atoms with Crippen LogP contribution in [0.25, 0.3) is 11.5 Å². The first-order valence-corrected chi connectivity index (χ1v) is 7.78. The van der Waals surface area contributed by atoms with Crippen molar-refractivity contribution in [1.29, 1.82) is 0 Å². The third-order valence-corrected chi connectivity index (χ3v) is 4.45. The molecule has 1 saturated carbocycles. The van der Waals surface area contributed by atoms with Crippen LogP contribution in [-0.4, -0.2) is 28.3 Å². The lowest BCUT2D eigenvalue weighted by atomic mass is 9.98. The average Bonchev–Trinajstić information content (AvgIpc) is 3.23. The highest BCUT2D eigenvalue weighted by molar-refractivity contribution is 5.85. The lowest BCUT2D eigenvalue weighted by Crippen LogP contribution is -2.34. The molecule has 0 unspecified atom stereocenters. The van der Waals surface area contributed by atoms with Gasteiger partial charge in [0, 0.05) is 6.07 Å². The molecule has 25 heavy (non-hydrogen) atoms. The van der Waals surface area contributed by atoms with Crippen molar-refractivity contribution in [3.8, 4) is 23.0 Å². The number of nitrogens with zero attached hydrogens (tertiary/aromatic N) is 3. The van der Waals surface area contributed by atoms with Crippen LogP contribution in [0.2, 0.25) is 0 Å². The van der Waals surface area contributed by atoms with Crippen LogP contribution >= 0.6 is 12.4 Å². The number of hydrogen-bond acceptors (Lipinski definition) is 8. The first-order chi connectivity index (χ1) is 11.6. The van der Waals surface area contributed by atoms with Gasteiger partial charge in [0.25, 0.3) is 11.6 Å². The maximum atomic E-state index is 11.4. The SMILES string of the molecule is Cl.NC1(c2noc(-c3cc4c(cc3[N+](=O)[O-])OCCO4)n2)CCCC1. The van der Waals surface area contributed by atoms with Crippen LogP contribution in [0, 0.1) is 10.1 Å². The van der Waals surface area contributed by atoms with E-state index in [1.807, 2.05) is 0 Å². The van der Waals surface area contributed by atoms with Crippen molar-refractivity contribution in [3.63, 3.8) is 0 Å². The molecule has 0 radical (unpaired) electrons. The zero-order chi connectivity index (χ0) is 16.7. The first kappa shape index (κ1) is 17.4. The summed E-state index contributed by atoms with van der Waals surface area (Å²) >= 11 is 0. The van der Waals surface area contributed by atoms with Gasteiger partial charge in [-0.25, -0.2) is 0 Å². The van der Waals surface area contributed by atoms with E-state index in [4.69, 9.17) is 19.7 Å². The molecule has 10 heteroatoms. The van der Waals surface area contributed by atoms with E-state index in [1.165, 1.54) is 12.1 Å². The molecule has 0 spiro atoms. The van der Waals surface area contributed by atoms with Crippen molar-refractivity contribution >= 4 is 18.1 Å². The summed E-state index contributed by atoms with van der Waals surface area (Å²) in [6.07, 6.45) is 3.56. The summed E-state index contributed by atoms with van der Waals surface area (Å²) < 4.78 is 16.1. The van der Waals surface area contributed by atoms with Gasteiger partial charge in [-0.1, -0.05) is 18.0 Å². The van der Waals surface area contributed by atoms with Gasteiger partial charge in [0.15, 0.2) is 17.3 Å². The second kappa shape index (κ2) is 6.49. The fourth-order valence-corrected chi connectivity index (χ4v) is 3.17. The number of ether oxygens (including phenoxy) is 2. The summed E-state index contributed by atoms with van der Waals surface area (Å²) in [7, 11) is 0. The fourth-order valence-electron chi connectivity index (χ4n) is 3.17. The fraction of sp³-hybridized carbons (Fsp3) is 0.467. The maximum absolute atomic E-state index is 11.4. The monoisotopic (exact) mass is 368 g/mol. The molecule has 1 aliphatic carbocycles. The van der Waals surface area contributed by atoms with Crippen LogP contribution in [-0.2, 0) is 5.54 Å². The molecule has 2 aliphatic rings. The minimum Gasteiger partial charge on any atom is -0.486 e. The van der Waals surface area contributed by atoms with E-state index in [-0.39, 0.29) is 29.5 Å². The van der Waals surface area contributed by atoms with Crippen molar-refractivity contribution in [2.24, 2.45) is 5.73 Å². The third-order valence-electron chi connectivity index (χ3n) is 4.45. The average molecular weight is 369 g/mol. The summed E-state index contributed by atoms with van der Waals surface area (Å²) in [4.78, 5) is 15.2. The van der Waals surface area contributed by atoms with Crippen LogP contribution in [0.5, 0.6) is 11.5 Å². The van der Waals surface area contributed by atoms with Gasteiger partial charge in [-0.2, -0.15) is 4.98 Å². The summed E-state index contributed by atoms with van der Waals surface area (Å²) in [5.41, 5.74) is 5.72. The van der Waals surface area contributed by atoms with Gasteiger partial charge in [0.05, 0.1) is 16.5 Å². The van der Waals surface area contributed by atoms with Crippen LogP contribution in [0.15, 0.2) is 16.7 Å². The molecule has 0 bridgehead atoms. The molecule has 1 fully saturated rings. The van der Waals surface area contributed by atoms with Crippen LogP contribution in [0.4, 0.5) is 5.69 Å². The first-order valence-electron chi connectivity index (χ1n) is 7.78. The Morgan fingerprint density at radius 3 is 2.44 bits per heavy atom. The highest BCUT2D eigenvalue weighted by atomic mass is 35.5. The molecule has 2 aromatic rings. The minimum absolute atomic E-state index is 0. The van der Waals surface area contributed by atoms with Gasteiger partial charge >= 0.3 is 0 Å². The Hall–Kier alpha value is -2.39.